The molecule has 27 heavy (non-hydrogen) atoms. The minimum atomic E-state index is -0.107. The van der Waals surface area contributed by atoms with Crippen LogP contribution in [0.25, 0.3) is 0 Å². The Morgan fingerprint density at radius 1 is 1.30 bits per heavy atom. The predicted molar refractivity (Wildman–Crippen MR) is 113 cm³/mol. The third-order valence-corrected chi connectivity index (χ3v) is 7.53. The van der Waals surface area contributed by atoms with Crippen LogP contribution in [0.2, 0.25) is 0 Å². The maximum atomic E-state index is 12.5. The standard InChI is InChI=1S/C19H20N4OS3/c1-12-10-25-19(20-12)26-11-13-3-5-14(6-4-13)17(24)22-18-21-15-7-8-23(2)9-16(15)27-18/h3-6,10H,7-9,11H2,1-2H3,(H,21,22,24). The molecule has 140 valence electrons. The summed E-state index contributed by atoms with van der Waals surface area (Å²) in [6, 6.07) is 7.76. The number of hydrogen-bond donors (Lipinski definition) is 1. The molecule has 1 aliphatic rings. The van der Waals surface area contributed by atoms with Crippen LogP contribution in [0.15, 0.2) is 34.0 Å². The van der Waals surface area contributed by atoms with E-state index in [2.05, 4.69) is 32.6 Å². The number of hydrogen-bond acceptors (Lipinski definition) is 7. The van der Waals surface area contributed by atoms with E-state index in [1.165, 1.54) is 10.4 Å². The highest BCUT2D eigenvalue weighted by atomic mass is 32.2. The Morgan fingerprint density at radius 2 is 2.11 bits per heavy atom. The van der Waals surface area contributed by atoms with Gasteiger partial charge in [0, 0.05) is 46.8 Å². The summed E-state index contributed by atoms with van der Waals surface area (Å²) in [4.78, 5) is 25.1. The zero-order valence-electron chi connectivity index (χ0n) is 15.2. The van der Waals surface area contributed by atoms with Gasteiger partial charge in [0.25, 0.3) is 5.91 Å². The van der Waals surface area contributed by atoms with Gasteiger partial charge in [-0.3, -0.25) is 10.1 Å². The Hall–Kier alpha value is -1.74. The summed E-state index contributed by atoms with van der Waals surface area (Å²) >= 11 is 4.97. The number of thioether (sulfide) groups is 1. The molecule has 5 nitrogen and oxygen atoms in total. The lowest BCUT2D eigenvalue weighted by atomic mass is 10.1. The third-order valence-electron chi connectivity index (χ3n) is 4.32. The SMILES string of the molecule is Cc1csc(SCc2ccc(C(=O)Nc3nc4c(s3)CN(C)CC4)cc2)n1. The highest BCUT2D eigenvalue weighted by Gasteiger charge is 2.19. The van der Waals surface area contributed by atoms with E-state index in [0.717, 1.165) is 41.0 Å². The second kappa shape index (κ2) is 8.10. The molecule has 0 atom stereocenters. The van der Waals surface area contributed by atoms with Crippen LogP contribution in [0.4, 0.5) is 5.13 Å². The van der Waals surface area contributed by atoms with Crippen molar-refractivity contribution in [1.29, 1.82) is 0 Å². The van der Waals surface area contributed by atoms with Gasteiger partial charge in [-0.15, -0.1) is 22.7 Å². The van der Waals surface area contributed by atoms with E-state index in [-0.39, 0.29) is 5.91 Å². The van der Waals surface area contributed by atoms with Crippen LogP contribution in [-0.2, 0) is 18.7 Å². The van der Waals surface area contributed by atoms with E-state index in [9.17, 15) is 4.79 Å². The molecular formula is C19H20N4OS3. The summed E-state index contributed by atoms with van der Waals surface area (Å²) in [7, 11) is 2.11. The average molecular weight is 417 g/mol. The molecule has 2 aromatic heterocycles. The lowest BCUT2D eigenvalue weighted by Crippen LogP contribution is -2.25. The summed E-state index contributed by atoms with van der Waals surface area (Å²) < 4.78 is 1.08. The van der Waals surface area contributed by atoms with Gasteiger partial charge in [0.1, 0.15) is 4.34 Å². The molecule has 1 aromatic carbocycles. The van der Waals surface area contributed by atoms with Crippen LogP contribution in [0.3, 0.4) is 0 Å². The van der Waals surface area contributed by atoms with E-state index in [1.807, 2.05) is 31.2 Å². The number of anilines is 1. The number of thiazole rings is 2. The van der Waals surface area contributed by atoms with Crippen LogP contribution in [0.5, 0.6) is 0 Å². The van der Waals surface area contributed by atoms with Crippen molar-refractivity contribution in [2.45, 2.75) is 30.0 Å². The van der Waals surface area contributed by atoms with Gasteiger partial charge < -0.3 is 4.90 Å². The van der Waals surface area contributed by atoms with Gasteiger partial charge in [-0.2, -0.15) is 0 Å². The summed E-state index contributed by atoms with van der Waals surface area (Å²) in [6.07, 6.45) is 0.948. The Bertz CT molecular complexity index is 948. The summed E-state index contributed by atoms with van der Waals surface area (Å²) in [5.41, 5.74) is 4.01. The van der Waals surface area contributed by atoms with E-state index < -0.39 is 0 Å². The molecule has 8 heteroatoms. The number of likely N-dealkylation sites (N-methyl/N-ethyl adjacent to an activating group) is 1. The van der Waals surface area contributed by atoms with Gasteiger partial charge in [-0.1, -0.05) is 23.9 Å². The molecule has 3 aromatic rings. The lowest BCUT2D eigenvalue weighted by Gasteiger charge is -2.20. The minimum absolute atomic E-state index is 0.107. The second-order valence-electron chi connectivity index (χ2n) is 6.57. The Balaban J connectivity index is 1.36. The van der Waals surface area contributed by atoms with Crippen molar-refractivity contribution in [2.24, 2.45) is 0 Å². The Kier molecular flexibility index (Phi) is 5.58. The monoisotopic (exact) mass is 416 g/mol. The number of rotatable bonds is 5. The number of nitrogens with zero attached hydrogens (tertiary/aromatic N) is 3. The van der Waals surface area contributed by atoms with Crippen LogP contribution in [0, 0.1) is 6.92 Å². The highest BCUT2D eigenvalue weighted by molar-refractivity contribution is 8.00. The van der Waals surface area contributed by atoms with Gasteiger partial charge in [-0.05, 0) is 31.7 Å². The minimum Gasteiger partial charge on any atom is -0.301 e. The van der Waals surface area contributed by atoms with Crippen LogP contribution < -0.4 is 5.32 Å². The summed E-state index contributed by atoms with van der Waals surface area (Å²) in [5.74, 6) is 0.742. The second-order valence-corrected chi connectivity index (χ2v) is 9.74. The van der Waals surface area contributed by atoms with E-state index in [0.29, 0.717) is 10.7 Å². The number of aromatic nitrogens is 2. The van der Waals surface area contributed by atoms with Crippen molar-refractivity contribution < 1.29 is 4.79 Å². The molecule has 1 aliphatic heterocycles. The highest BCUT2D eigenvalue weighted by Crippen LogP contribution is 2.28. The maximum Gasteiger partial charge on any atom is 0.257 e. The molecule has 0 radical (unpaired) electrons. The molecule has 0 fully saturated rings. The fourth-order valence-corrected chi connectivity index (χ4v) is 5.73. The normalized spacial score (nSPS) is 14.1. The van der Waals surface area contributed by atoms with Gasteiger partial charge in [0.2, 0.25) is 0 Å². The molecule has 0 aliphatic carbocycles. The molecule has 0 unspecified atom stereocenters. The fraction of sp³-hybridized carbons (Fsp3) is 0.316. The van der Waals surface area contributed by atoms with Crippen molar-refractivity contribution in [2.75, 3.05) is 18.9 Å². The van der Waals surface area contributed by atoms with Crippen LogP contribution in [0.1, 0.15) is 32.2 Å². The van der Waals surface area contributed by atoms with Gasteiger partial charge >= 0.3 is 0 Å². The molecule has 1 amide bonds. The first-order valence-corrected chi connectivity index (χ1v) is 11.4. The number of aryl methyl sites for hydroxylation is 1. The van der Waals surface area contributed by atoms with Crippen LogP contribution >= 0.6 is 34.4 Å². The summed E-state index contributed by atoms with van der Waals surface area (Å²) in [6.45, 7) is 3.93. The van der Waals surface area contributed by atoms with Gasteiger partial charge in [0.05, 0.1) is 5.69 Å². The first-order chi connectivity index (χ1) is 13.1. The first-order valence-electron chi connectivity index (χ1n) is 8.69. The van der Waals surface area contributed by atoms with Crippen LogP contribution in [-0.4, -0.2) is 34.4 Å². The molecule has 0 spiro atoms. The zero-order chi connectivity index (χ0) is 18.8. The Morgan fingerprint density at radius 3 is 2.85 bits per heavy atom. The summed E-state index contributed by atoms with van der Waals surface area (Å²) in [5, 5.41) is 5.70. The van der Waals surface area contributed by atoms with Crippen molar-refractivity contribution in [3.8, 4) is 0 Å². The van der Waals surface area contributed by atoms with Gasteiger partial charge in [0.15, 0.2) is 5.13 Å². The van der Waals surface area contributed by atoms with E-state index >= 15 is 0 Å². The largest absolute Gasteiger partial charge is 0.301 e. The van der Waals surface area contributed by atoms with E-state index in [4.69, 9.17) is 0 Å². The molecule has 0 saturated carbocycles. The molecular weight excluding hydrogens is 396 g/mol. The van der Waals surface area contributed by atoms with Crippen molar-refractivity contribution >= 4 is 45.5 Å². The maximum absolute atomic E-state index is 12.5. The van der Waals surface area contributed by atoms with Crippen molar-refractivity contribution in [3.63, 3.8) is 0 Å². The quantitative estimate of drug-likeness (QED) is 0.623. The van der Waals surface area contributed by atoms with E-state index in [1.54, 1.807) is 34.4 Å². The number of benzene rings is 1. The number of carbonyl (C=O) groups is 1. The smallest absolute Gasteiger partial charge is 0.257 e. The molecule has 4 rings (SSSR count). The number of carbonyl (C=O) groups excluding carboxylic acids is 1. The number of amides is 1. The topological polar surface area (TPSA) is 58.1 Å². The number of nitrogens with one attached hydrogen (secondary N) is 1. The Labute approximate surface area is 170 Å². The zero-order valence-corrected chi connectivity index (χ0v) is 17.6. The first kappa shape index (κ1) is 18.6. The van der Waals surface area contributed by atoms with Crippen molar-refractivity contribution in [3.05, 3.63) is 57.0 Å². The molecule has 0 saturated heterocycles. The third kappa shape index (κ3) is 4.57. The average Bonchev–Trinajstić information content (AvgIpc) is 3.25. The molecule has 1 N–H and O–H groups in total. The van der Waals surface area contributed by atoms with Gasteiger partial charge in [-0.25, -0.2) is 9.97 Å². The number of fused-ring (bicyclic) bond motifs is 1. The fourth-order valence-electron chi connectivity index (χ4n) is 2.84. The predicted octanol–water partition coefficient (Wildman–Crippen LogP) is 4.44. The molecule has 0 bridgehead atoms. The van der Waals surface area contributed by atoms with Crippen molar-refractivity contribution in [1.82, 2.24) is 14.9 Å². The molecule has 3 heterocycles. The lowest BCUT2D eigenvalue weighted by molar-refractivity contribution is 0.102.